The maximum atomic E-state index is 14.0. The van der Waals surface area contributed by atoms with E-state index in [1.54, 1.807) is 25.1 Å². The quantitative estimate of drug-likeness (QED) is 0.725. The van der Waals surface area contributed by atoms with Gasteiger partial charge in [0.1, 0.15) is 6.04 Å². The first-order chi connectivity index (χ1) is 13.0. The Balaban J connectivity index is 1.52. The molecule has 1 N–H and O–H groups in total. The molecule has 0 bridgehead atoms. The fourth-order valence-electron chi connectivity index (χ4n) is 2.83. The molecule has 1 aliphatic carbocycles. The molecule has 1 amide bonds. The van der Waals surface area contributed by atoms with Crippen molar-refractivity contribution < 1.29 is 18.1 Å². The Labute approximate surface area is 154 Å². The van der Waals surface area contributed by atoms with Gasteiger partial charge in [-0.15, -0.1) is 0 Å². The second-order valence-electron chi connectivity index (χ2n) is 6.64. The van der Waals surface area contributed by atoms with Crippen LogP contribution in [0.5, 0.6) is 0 Å². The number of carbonyl (C=O) groups is 1. The molecule has 0 radical (unpaired) electrons. The smallest absolute Gasteiger partial charge is 0.251 e. The summed E-state index contributed by atoms with van der Waals surface area (Å²) in [5, 5.41) is 6.72. The van der Waals surface area contributed by atoms with Gasteiger partial charge in [0.05, 0.1) is 0 Å². The lowest BCUT2D eigenvalue weighted by molar-refractivity contribution is 0.0932. The summed E-state index contributed by atoms with van der Waals surface area (Å²) in [5.74, 6) is -0.858. The number of amides is 1. The van der Waals surface area contributed by atoms with Crippen LogP contribution >= 0.6 is 0 Å². The van der Waals surface area contributed by atoms with E-state index in [-0.39, 0.29) is 11.5 Å². The van der Waals surface area contributed by atoms with Gasteiger partial charge in [-0.1, -0.05) is 29.4 Å². The van der Waals surface area contributed by atoms with Gasteiger partial charge in [-0.05, 0) is 43.5 Å². The van der Waals surface area contributed by atoms with Crippen molar-refractivity contribution in [2.45, 2.75) is 31.7 Å². The van der Waals surface area contributed by atoms with E-state index in [4.69, 9.17) is 4.52 Å². The van der Waals surface area contributed by atoms with Crippen molar-refractivity contribution in [2.75, 3.05) is 0 Å². The highest BCUT2D eigenvalue weighted by atomic mass is 19.2. The van der Waals surface area contributed by atoms with Crippen molar-refractivity contribution in [1.29, 1.82) is 0 Å². The van der Waals surface area contributed by atoms with Gasteiger partial charge in [-0.2, -0.15) is 4.98 Å². The first kappa shape index (κ1) is 17.3. The molecule has 0 spiro atoms. The minimum Gasteiger partial charge on any atom is -0.341 e. The zero-order chi connectivity index (χ0) is 19.0. The number of hydrogen-bond acceptors (Lipinski definition) is 4. The topological polar surface area (TPSA) is 68.0 Å². The highest BCUT2D eigenvalue weighted by Crippen LogP contribution is 2.38. The second-order valence-corrected chi connectivity index (χ2v) is 6.64. The van der Waals surface area contributed by atoms with Crippen LogP contribution in [0, 0.1) is 11.6 Å². The molecule has 0 aliphatic heterocycles. The summed E-state index contributed by atoms with van der Waals surface area (Å²) in [6.07, 6.45) is 2.12. The standard InChI is InChI=1S/C20H17F2N3O2/c1-11(20-24-18(25-27-20)12-8-9-12)23-19(26)14-5-2-4-13(10-14)15-6-3-7-16(21)17(15)22/h2-7,10-12H,8-9H2,1H3,(H,23,26)/t11-/m1/s1. The fourth-order valence-corrected chi connectivity index (χ4v) is 2.83. The summed E-state index contributed by atoms with van der Waals surface area (Å²) >= 11 is 0. The van der Waals surface area contributed by atoms with Crippen LogP contribution in [0.1, 0.15) is 53.8 Å². The zero-order valence-electron chi connectivity index (χ0n) is 14.6. The predicted molar refractivity (Wildman–Crippen MR) is 93.9 cm³/mol. The summed E-state index contributed by atoms with van der Waals surface area (Å²) < 4.78 is 32.7. The van der Waals surface area contributed by atoms with Crippen LogP contribution < -0.4 is 5.32 Å². The molecule has 0 saturated heterocycles. The van der Waals surface area contributed by atoms with Crippen molar-refractivity contribution in [3.63, 3.8) is 0 Å². The van der Waals surface area contributed by atoms with E-state index in [1.165, 1.54) is 18.2 Å². The van der Waals surface area contributed by atoms with Gasteiger partial charge >= 0.3 is 0 Å². The number of halogens is 2. The lowest BCUT2D eigenvalue weighted by Crippen LogP contribution is -2.26. The molecule has 27 heavy (non-hydrogen) atoms. The second kappa shape index (κ2) is 6.90. The Morgan fingerprint density at radius 1 is 1.22 bits per heavy atom. The van der Waals surface area contributed by atoms with Crippen LogP contribution in [0.25, 0.3) is 11.1 Å². The highest BCUT2D eigenvalue weighted by molar-refractivity contribution is 5.95. The molecule has 1 aromatic heterocycles. The van der Waals surface area contributed by atoms with E-state index in [0.717, 1.165) is 18.9 Å². The van der Waals surface area contributed by atoms with Gasteiger partial charge in [-0.3, -0.25) is 4.79 Å². The van der Waals surface area contributed by atoms with Crippen LogP contribution in [0.15, 0.2) is 47.0 Å². The third-order valence-corrected chi connectivity index (χ3v) is 4.51. The molecule has 7 heteroatoms. The summed E-state index contributed by atoms with van der Waals surface area (Å²) in [7, 11) is 0. The molecule has 1 heterocycles. The molecule has 1 atom stereocenters. The molecule has 1 fully saturated rings. The molecular weight excluding hydrogens is 352 g/mol. The van der Waals surface area contributed by atoms with E-state index in [1.807, 2.05) is 0 Å². The fraction of sp³-hybridized carbons (Fsp3) is 0.250. The van der Waals surface area contributed by atoms with Crippen molar-refractivity contribution in [3.8, 4) is 11.1 Å². The van der Waals surface area contributed by atoms with Crippen molar-refractivity contribution in [2.24, 2.45) is 0 Å². The lowest BCUT2D eigenvalue weighted by Gasteiger charge is -2.11. The molecule has 1 aliphatic rings. The maximum Gasteiger partial charge on any atom is 0.251 e. The largest absolute Gasteiger partial charge is 0.341 e. The molecule has 3 aromatic rings. The van der Waals surface area contributed by atoms with Gasteiger partial charge in [0.2, 0.25) is 5.89 Å². The van der Waals surface area contributed by atoms with E-state index in [9.17, 15) is 13.6 Å². The lowest BCUT2D eigenvalue weighted by atomic mass is 10.0. The normalized spacial score (nSPS) is 14.8. The minimum atomic E-state index is -0.943. The number of hydrogen-bond donors (Lipinski definition) is 1. The SMILES string of the molecule is C[C@@H](NC(=O)c1cccc(-c2cccc(F)c2F)c1)c1nc(C2CC2)no1. The van der Waals surface area contributed by atoms with Crippen LogP contribution in [0.4, 0.5) is 8.78 Å². The summed E-state index contributed by atoms with van der Waals surface area (Å²) in [4.78, 5) is 16.9. The molecular formula is C20H17F2N3O2. The van der Waals surface area contributed by atoms with Crippen LogP contribution in [-0.2, 0) is 0 Å². The average Bonchev–Trinajstić information content (AvgIpc) is 3.40. The van der Waals surface area contributed by atoms with Gasteiger partial charge in [0.25, 0.3) is 5.91 Å². The number of benzene rings is 2. The first-order valence-corrected chi connectivity index (χ1v) is 8.71. The van der Waals surface area contributed by atoms with Crippen LogP contribution in [0.2, 0.25) is 0 Å². The number of nitrogens with one attached hydrogen (secondary N) is 1. The number of nitrogens with zero attached hydrogens (tertiary/aromatic N) is 2. The van der Waals surface area contributed by atoms with E-state index in [0.29, 0.717) is 28.8 Å². The van der Waals surface area contributed by atoms with Gasteiger partial charge in [0, 0.05) is 17.0 Å². The predicted octanol–water partition coefficient (Wildman–Crippen LogP) is 4.38. The minimum absolute atomic E-state index is 0.101. The number of rotatable bonds is 5. The zero-order valence-corrected chi connectivity index (χ0v) is 14.6. The molecule has 0 unspecified atom stereocenters. The Hall–Kier alpha value is -3.09. The Bertz CT molecular complexity index is 998. The third kappa shape index (κ3) is 3.58. The number of carbonyl (C=O) groups excluding carboxylic acids is 1. The molecule has 4 rings (SSSR count). The first-order valence-electron chi connectivity index (χ1n) is 8.71. The van der Waals surface area contributed by atoms with E-state index >= 15 is 0 Å². The van der Waals surface area contributed by atoms with E-state index in [2.05, 4.69) is 15.5 Å². The van der Waals surface area contributed by atoms with Gasteiger partial charge < -0.3 is 9.84 Å². The molecule has 138 valence electrons. The molecule has 5 nitrogen and oxygen atoms in total. The summed E-state index contributed by atoms with van der Waals surface area (Å²) in [6, 6.07) is 9.85. The Morgan fingerprint density at radius 3 is 2.78 bits per heavy atom. The monoisotopic (exact) mass is 369 g/mol. The van der Waals surface area contributed by atoms with Gasteiger partial charge in [0.15, 0.2) is 17.5 Å². The van der Waals surface area contributed by atoms with Crippen molar-refractivity contribution >= 4 is 5.91 Å². The Kier molecular flexibility index (Phi) is 4.43. The van der Waals surface area contributed by atoms with Crippen LogP contribution in [-0.4, -0.2) is 16.0 Å². The number of aromatic nitrogens is 2. The van der Waals surface area contributed by atoms with E-state index < -0.39 is 17.7 Å². The maximum absolute atomic E-state index is 14.0. The molecule has 1 saturated carbocycles. The third-order valence-electron chi connectivity index (χ3n) is 4.51. The van der Waals surface area contributed by atoms with Gasteiger partial charge in [-0.25, -0.2) is 8.78 Å². The average molecular weight is 369 g/mol. The summed E-state index contributed by atoms with van der Waals surface area (Å²) in [5.41, 5.74) is 0.842. The Morgan fingerprint density at radius 2 is 2.00 bits per heavy atom. The highest BCUT2D eigenvalue weighted by Gasteiger charge is 2.30. The summed E-state index contributed by atoms with van der Waals surface area (Å²) in [6.45, 7) is 1.75. The van der Waals surface area contributed by atoms with Crippen molar-refractivity contribution in [3.05, 3.63) is 71.4 Å². The molecule has 2 aromatic carbocycles. The van der Waals surface area contributed by atoms with Crippen molar-refractivity contribution in [1.82, 2.24) is 15.5 Å². The van der Waals surface area contributed by atoms with Crippen LogP contribution in [0.3, 0.4) is 0 Å².